The number of halogens is 1. The van der Waals surface area contributed by atoms with Crippen LogP contribution in [0.2, 0.25) is 0 Å². The van der Waals surface area contributed by atoms with E-state index in [1.807, 2.05) is 0 Å². The van der Waals surface area contributed by atoms with Crippen LogP contribution in [0.5, 0.6) is 0 Å². The van der Waals surface area contributed by atoms with Gasteiger partial charge in [0, 0.05) is 19.3 Å². The number of anilines is 1. The van der Waals surface area contributed by atoms with Crippen molar-refractivity contribution in [2.45, 2.75) is 19.4 Å². The number of hydrogen-bond donors (Lipinski definition) is 2. The highest BCUT2D eigenvalue weighted by Crippen LogP contribution is 2.15. The van der Waals surface area contributed by atoms with Gasteiger partial charge in [-0.3, -0.25) is 4.79 Å². The predicted molar refractivity (Wildman–Crippen MR) is 64.1 cm³/mol. The van der Waals surface area contributed by atoms with Gasteiger partial charge in [-0.2, -0.15) is 0 Å². The molecule has 1 rings (SSSR count). The Morgan fingerprint density at radius 3 is 2.82 bits per heavy atom. The molecule has 0 heterocycles. The molecule has 3 N–H and O–H groups in total. The average Bonchev–Trinajstić information content (AvgIpc) is 2.28. The van der Waals surface area contributed by atoms with Crippen LogP contribution in [0.1, 0.15) is 23.7 Å². The summed E-state index contributed by atoms with van der Waals surface area (Å²) in [4.78, 5) is 13.3. The van der Waals surface area contributed by atoms with Crippen LogP contribution in [0, 0.1) is 5.82 Å². The van der Waals surface area contributed by atoms with E-state index >= 15 is 0 Å². The zero-order valence-corrected chi connectivity index (χ0v) is 9.98. The molecule has 1 aromatic carbocycles. The molecule has 0 aliphatic carbocycles. The predicted octanol–water partition coefficient (Wildman–Crippen LogP) is 1.25. The molecule has 5 heteroatoms. The van der Waals surface area contributed by atoms with E-state index in [0.717, 1.165) is 6.07 Å². The van der Waals surface area contributed by atoms with Crippen LogP contribution < -0.4 is 5.73 Å². The number of benzene rings is 1. The molecular weight excluding hydrogens is 223 g/mol. The highest BCUT2D eigenvalue weighted by molar-refractivity contribution is 5.98. The van der Waals surface area contributed by atoms with E-state index in [9.17, 15) is 9.18 Å². The van der Waals surface area contributed by atoms with Gasteiger partial charge in [0.05, 0.1) is 11.7 Å². The van der Waals surface area contributed by atoms with E-state index in [2.05, 4.69) is 0 Å². The molecule has 1 aromatic rings. The highest BCUT2D eigenvalue weighted by atomic mass is 19.1. The quantitative estimate of drug-likeness (QED) is 0.778. The molecule has 0 fully saturated rings. The molecule has 0 bridgehead atoms. The molecule has 17 heavy (non-hydrogen) atoms. The lowest BCUT2D eigenvalue weighted by Gasteiger charge is -2.18. The normalized spacial score (nSPS) is 12.2. The van der Waals surface area contributed by atoms with Crippen molar-refractivity contribution in [3.8, 4) is 0 Å². The SMILES string of the molecule is CC(O)CCN(C)C(=O)c1cc(F)ccc1N. The monoisotopic (exact) mass is 240 g/mol. The topological polar surface area (TPSA) is 66.6 Å². The van der Waals surface area contributed by atoms with Crippen LogP contribution >= 0.6 is 0 Å². The maximum Gasteiger partial charge on any atom is 0.255 e. The highest BCUT2D eigenvalue weighted by Gasteiger charge is 2.15. The summed E-state index contributed by atoms with van der Waals surface area (Å²) in [5, 5.41) is 9.13. The minimum absolute atomic E-state index is 0.151. The Kier molecular flexibility index (Phi) is 4.45. The molecule has 0 spiro atoms. The molecule has 0 aromatic heterocycles. The largest absolute Gasteiger partial charge is 0.398 e. The van der Waals surface area contributed by atoms with Crippen LogP contribution in [-0.2, 0) is 0 Å². The van der Waals surface area contributed by atoms with Gasteiger partial charge in [-0.1, -0.05) is 0 Å². The van der Waals surface area contributed by atoms with E-state index in [0.29, 0.717) is 13.0 Å². The molecule has 94 valence electrons. The number of nitrogens with two attached hydrogens (primary N) is 1. The van der Waals surface area contributed by atoms with Crippen LogP contribution in [-0.4, -0.2) is 35.6 Å². The van der Waals surface area contributed by atoms with Crippen molar-refractivity contribution in [2.24, 2.45) is 0 Å². The van der Waals surface area contributed by atoms with Crippen molar-refractivity contribution in [3.05, 3.63) is 29.6 Å². The molecule has 4 nitrogen and oxygen atoms in total. The second-order valence-corrected chi connectivity index (χ2v) is 4.10. The van der Waals surface area contributed by atoms with Gasteiger partial charge in [-0.25, -0.2) is 4.39 Å². The smallest absolute Gasteiger partial charge is 0.255 e. The molecule has 0 saturated carbocycles. The fourth-order valence-electron chi connectivity index (χ4n) is 1.40. The second kappa shape index (κ2) is 5.63. The van der Waals surface area contributed by atoms with Crippen molar-refractivity contribution in [1.82, 2.24) is 4.90 Å². The number of nitrogen functional groups attached to an aromatic ring is 1. The van der Waals surface area contributed by atoms with Crippen LogP contribution in [0.15, 0.2) is 18.2 Å². The first-order chi connectivity index (χ1) is 7.91. The van der Waals surface area contributed by atoms with Crippen molar-refractivity contribution in [3.63, 3.8) is 0 Å². The summed E-state index contributed by atoms with van der Waals surface area (Å²) in [6, 6.07) is 3.70. The maximum atomic E-state index is 13.0. The lowest BCUT2D eigenvalue weighted by Crippen LogP contribution is -2.30. The molecule has 1 unspecified atom stereocenters. The number of carbonyl (C=O) groups is 1. The summed E-state index contributed by atoms with van der Waals surface area (Å²) >= 11 is 0. The van der Waals surface area contributed by atoms with Gasteiger partial charge in [0.1, 0.15) is 5.82 Å². The molecule has 0 aliphatic heterocycles. The second-order valence-electron chi connectivity index (χ2n) is 4.10. The first-order valence-corrected chi connectivity index (χ1v) is 5.40. The van der Waals surface area contributed by atoms with Crippen LogP contribution in [0.4, 0.5) is 10.1 Å². The molecule has 1 atom stereocenters. The molecule has 0 radical (unpaired) electrons. The van der Waals surface area contributed by atoms with Gasteiger partial charge in [0.15, 0.2) is 0 Å². The number of aliphatic hydroxyl groups excluding tert-OH is 1. The average molecular weight is 240 g/mol. The lowest BCUT2D eigenvalue weighted by molar-refractivity contribution is 0.0769. The van der Waals surface area contributed by atoms with Gasteiger partial charge >= 0.3 is 0 Å². The summed E-state index contributed by atoms with van der Waals surface area (Å²) in [6.45, 7) is 2.04. The van der Waals surface area contributed by atoms with Crippen molar-refractivity contribution in [1.29, 1.82) is 0 Å². The molecule has 0 aliphatic rings. The first kappa shape index (κ1) is 13.4. The number of amides is 1. The number of rotatable bonds is 4. The number of carbonyl (C=O) groups excluding carboxylic acids is 1. The van der Waals surface area contributed by atoms with Gasteiger partial charge in [0.2, 0.25) is 0 Å². The molecule has 1 amide bonds. The van der Waals surface area contributed by atoms with E-state index in [1.54, 1.807) is 14.0 Å². The zero-order chi connectivity index (χ0) is 13.0. The molecule has 0 saturated heterocycles. The fraction of sp³-hybridized carbons (Fsp3) is 0.417. The minimum Gasteiger partial charge on any atom is -0.398 e. The number of hydrogen-bond acceptors (Lipinski definition) is 3. The molecular formula is C12H17FN2O2. The summed E-state index contributed by atoms with van der Waals surface area (Å²) in [6.07, 6.45) is -0.00705. The summed E-state index contributed by atoms with van der Waals surface area (Å²) in [5.74, 6) is -0.839. The summed E-state index contributed by atoms with van der Waals surface area (Å²) in [5.41, 5.74) is 6.02. The van der Waals surface area contributed by atoms with Crippen molar-refractivity contribution < 1.29 is 14.3 Å². The third kappa shape index (κ3) is 3.71. The fourth-order valence-corrected chi connectivity index (χ4v) is 1.40. The standard InChI is InChI=1S/C12H17FN2O2/c1-8(16)5-6-15(2)12(17)10-7-9(13)3-4-11(10)14/h3-4,7-8,16H,5-6,14H2,1-2H3. The third-order valence-corrected chi connectivity index (χ3v) is 2.47. The number of nitrogens with zero attached hydrogens (tertiary/aromatic N) is 1. The lowest BCUT2D eigenvalue weighted by atomic mass is 10.1. The Balaban J connectivity index is 2.78. The van der Waals surface area contributed by atoms with Crippen LogP contribution in [0.3, 0.4) is 0 Å². The Morgan fingerprint density at radius 2 is 2.24 bits per heavy atom. The summed E-state index contributed by atoms with van der Waals surface area (Å²) in [7, 11) is 1.59. The van der Waals surface area contributed by atoms with Gasteiger partial charge in [0.25, 0.3) is 5.91 Å². The van der Waals surface area contributed by atoms with E-state index in [1.165, 1.54) is 17.0 Å². The number of aliphatic hydroxyl groups is 1. The van der Waals surface area contributed by atoms with Crippen LogP contribution in [0.25, 0.3) is 0 Å². The van der Waals surface area contributed by atoms with Crippen molar-refractivity contribution in [2.75, 3.05) is 19.3 Å². The van der Waals surface area contributed by atoms with E-state index < -0.39 is 11.9 Å². The Hall–Kier alpha value is -1.62. The summed E-state index contributed by atoms with van der Waals surface area (Å²) < 4.78 is 13.0. The Bertz CT molecular complexity index is 407. The van der Waals surface area contributed by atoms with Gasteiger partial charge in [-0.05, 0) is 31.5 Å². The first-order valence-electron chi connectivity index (χ1n) is 5.40. The zero-order valence-electron chi connectivity index (χ0n) is 9.98. The minimum atomic E-state index is -0.494. The third-order valence-electron chi connectivity index (χ3n) is 2.47. The Labute approximate surface area is 99.8 Å². The van der Waals surface area contributed by atoms with Gasteiger partial charge in [-0.15, -0.1) is 0 Å². The van der Waals surface area contributed by atoms with E-state index in [-0.39, 0.29) is 17.2 Å². The van der Waals surface area contributed by atoms with Crippen molar-refractivity contribution >= 4 is 11.6 Å². The van der Waals surface area contributed by atoms with Gasteiger partial charge < -0.3 is 15.7 Å². The maximum absolute atomic E-state index is 13.0. The Morgan fingerprint density at radius 1 is 1.59 bits per heavy atom. The van der Waals surface area contributed by atoms with E-state index in [4.69, 9.17) is 10.8 Å².